The van der Waals surface area contributed by atoms with E-state index in [-0.39, 0.29) is 5.02 Å². The Labute approximate surface area is 91.8 Å². The van der Waals surface area contributed by atoms with Crippen molar-refractivity contribution in [3.8, 4) is 0 Å². The summed E-state index contributed by atoms with van der Waals surface area (Å²) in [6, 6.07) is 4.59. The van der Waals surface area contributed by atoms with Crippen molar-refractivity contribution in [3.05, 3.63) is 34.6 Å². The quantitative estimate of drug-likeness (QED) is 0.561. The molecule has 0 N–H and O–H groups in total. The fourth-order valence-electron chi connectivity index (χ4n) is 1.90. The van der Waals surface area contributed by atoms with Crippen molar-refractivity contribution in [3.63, 3.8) is 0 Å². The molecule has 4 heteroatoms. The maximum absolute atomic E-state index is 13.2. The van der Waals surface area contributed by atoms with Gasteiger partial charge < -0.3 is 0 Å². The zero-order valence-corrected chi connectivity index (χ0v) is 8.72. The van der Waals surface area contributed by atoms with E-state index in [0.717, 1.165) is 19.3 Å². The molecule has 0 saturated heterocycles. The summed E-state index contributed by atoms with van der Waals surface area (Å²) in [5.74, 6) is -0.471. The molecule has 0 unspecified atom stereocenters. The lowest BCUT2D eigenvalue weighted by atomic mass is 9.72. The number of halogens is 2. The molecule has 0 heterocycles. The molecule has 0 bridgehead atoms. The number of hydrogen-bond acceptors (Lipinski definition) is 2. The summed E-state index contributed by atoms with van der Waals surface area (Å²) in [4.78, 5) is 14.1. The highest BCUT2D eigenvalue weighted by atomic mass is 35.5. The van der Waals surface area contributed by atoms with Crippen LogP contribution in [0.5, 0.6) is 0 Å². The summed E-state index contributed by atoms with van der Waals surface area (Å²) in [5, 5.41) is 0.0659. The first kappa shape index (κ1) is 10.3. The van der Waals surface area contributed by atoms with Crippen LogP contribution in [-0.4, -0.2) is 6.08 Å². The second-order valence-electron chi connectivity index (χ2n) is 3.69. The first-order valence-corrected chi connectivity index (χ1v) is 5.11. The van der Waals surface area contributed by atoms with Crippen LogP contribution in [-0.2, 0) is 10.3 Å². The average Bonchev–Trinajstić information content (AvgIpc) is 2.17. The van der Waals surface area contributed by atoms with E-state index in [1.54, 1.807) is 18.2 Å². The molecule has 15 heavy (non-hydrogen) atoms. The smallest absolute Gasteiger partial charge is 0.211 e. The number of benzene rings is 1. The first-order chi connectivity index (χ1) is 7.19. The molecule has 1 aromatic carbocycles. The van der Waals surface area contributed by atoms with Crippen molar-refractivity contribution in [2.75, 3.05) is 0 Å². The average molecular weight is 226 g/mol. The predicted molar refractivity (Wildman–Crippen MR) is 55.1 cm³/mol. The van der Waals surface area contributed by atoms with Crippen LogP contribution >= 0.6 is 11.6 Å². The van der Waals surface area contributed by atoms with Crippen molar-refractivity contribution >= 4 is 17.7 Å². The van der Waals surface area contributed by atoms with Crippen LogP contribution in [0.15, 0.2) is 23.2 Å². The molecule has 1 fully saturated rings. The molecule has 1 aliphatic carbocycles. The van der Waals surface area contributed by atoms with Gasteiger partial charge in [-0.2, -0.15) is 4.99 Å². The molecule has 1 saturated carbocycles. The van der Waals surface area contributed by atoms with E-state index < -0.39 is 11.4 Å². The minimum Gasteiger partial charge on any atom is -0.211 e. The molecule has 0 radical (unpaired) electrons. The zero-order valence-electron chi connectivity index (χ0n) is 7.96. The maximum atomic E-state index is 13.2. The molecule has 2 nitrogen and oxygen atoms in total. The molecule has 0 spiro atoms. The van der Waals surface area contributed by atoms with Crippen LogP contribution in [0.25, 0.3) is 0 Å². The number of nitrogens with zero attached hydrogens (tertiary/aromatic N) is 1. The van der Waals surface area contributed by atoms with Gasteiger partial charge in [0.1, 0.15) is 5.82 Å². The Balaban J connectivity index is 2.52. The van der Waals surface area contributed by atoms with Crippen LogP contribution in [0.1, 0.15) is 24.8 Å². The molecular formula is C11H9ClFNO. The van der Waals surface area contributed by atoms with Gasteiger partial charge in [-0.15, -0.1) is 0 Å². The summed E-state index contributed by atoms with van der Waals surface area (Å²) in [6.07, 6.45) is 3.97. The Morgan fingerprint density at radius 2 is 2.20 bits per heavy atom. The van der Waals surface area contributed by atoms with Crippen molar-refractivity contribution in [1.29, 1.82) is 0 Å². The van der Waals surface area contributed by atoms with E-state index in [1.807, 2.05) is 0 Å². The van der Waals surface area contributed by atoms with Gasteiger partial charge in [0.05, 0.1) is 10.6 Å². The molecule has 78 valence electrons. The SMILES string of the molecule is O=C=NC1(c2cccc(F)c2Cl)CCC1. The van der Waals surface area contributed by atoms with Gasteiger partial charge in [0.2, 0.25) is 6.08 Å². The molecule has 0 aromatic heterocycles. The molecule has 0 atom stereocenters. The molecule has 1 aromatic rings. The van der Waals surface area contributed by atoms with E-state index >= 15 is 0 Å². The monoisotopic (exact) mass is 225 g/mol. The van der Waals surface area contributed by atoms with Gasteiger partial charge in [-0.05, 0) is 25.3 Å². The Morgan fingerprint density at radius 1 is 1.47 bits per heavy atom. The second-order valence-corrected chi connectivity index (χ2v) is 4.07. The molecule has 2 rings (SSSR count). The van der Waals surface area contributed by atoms with E-state index in [2.05, 4.69) is 4.99 Å². The summed E-state index contributed by atoms with van der Waals surface area (Å²) < 4.78 is 13.2. The summed E-state index contributed by atoms with van der Waals surface area (Å²) in [7, 11) is 0. The Morgan fingerprint density at radius 3 is 2.73 bits per heavy atom. The Hall–Kier alpha value is -1.18. The highest BCUT2D eigenvalue weighted by Crippen LogP contribution is 2.47. The van der Waals surface area contributed by atoms with Crippen LogP contribution in [0.2, 0.25) is 5.02 Å². The minimum atomic E-state index is -0.624. The van der Waals surface area contributed by atoms with Crippen molar-refractivity contribution in [2.45, 2.75) is 24.8 Å². The summed E-state index contributed by atoms with van der Waals surface area (Å²) in [5.41, 5.74) is -0.0280. The topological polar surface area (TPSA) is 29.4 Å². The lowest BCUT2D eigenvalue weighted by molar-refractivity contribution is 0.255. The van der Waals surface area contributed by atoms with Gasteiger partial charge >= 0.3 is 0 Å². The van der Waals surface area contributed by atoms with Gasteiger partial charge in [0.25, 0.3) is 0 Å². The number of hydrogen-bond donors (Lipinski definition) is 0. The summed E-state index contributed by atoms with van der Waals surface area (Å²) >= 11 is 5.86. The molecular weight excluding hydrogens is 217 g/mol. The van der Waals surface area contributed by atoms with E-state index in [0.29, 0.717) is 5.56 Å². The Bertz CT molecular complexity index is 436. The van der Waals surface area contributed by atoms with Gasteiger partial charge in [0, 0.05) is 5.56 Å². The van der Waals surface area contributed by atoms with Crippen LogP contribution in [0.3, 0.4) is 0 Å². The van der Waals surface area contributed by atoms with E-state index in [9.17, 15) is 9.18 Å². The van der Waals surface area contributed by atoms with Crippen LogP contribution in [0.4, 0.5) is 4.39 Å². The highest BCUT2D eigenvalue weighted by molar-refractivity contribution is 6.31. The van der Waals surface area contributed by atoms with Crippen molar-refractivity contribution in [1.82, 2.24) is 0 Å². The largest absolute Gasteiger partial charge is 0.235 e. The van der Waals surface area contributed by atoms with Crippen LogP contribution in [0, 0.1) is 5.82 Å². The third-order valence-corrected chi connectivity index (χ3v) is 3.28. The van der Waals surface area contributed by atoms with Gasteiger partial charge in [-0.1, -0.05) is 23.7 Å². The molecule has 1 aliphatic rings. The Kier molecular flexibility index (Phi) is 2.59. The zero-order chi connectivity index (χ0) is 10.9. The lowest BCUT2D eigenvalue weighted by Gasteiger charge is -2.37. The number of isocyanates is 1. The van der Waals surface area contributed by atoms with Crippen LogP contribution < -0.4 is 0 Å². The van der Waals surface area contributed by atoms with Crippen molar-refractivity contribution in [2.24, 2.45) is 4.99 Å². The van der Waals surface area contributed by atoms with Gasteiger partial charge in [-0.3, -0.25) is 0 Å². The van der Waals surface area contributed by atoms with E-state index in [4.69, 9.17) is 11.6 Å². The van der Waals surface area contributed by atoms with Gasteiger partial charge in [-0.25, -0.2) is 9.18 Å². The number of rotatable bonds is 2. The normalized spacial score (nSPS) is 17.7. The van der Waals surface area contributed by atoms with Gasteiger partial charge in [0.15, 0.2) is 0 Å². The second kappa shape index (κ2) is 3.76. The number of carbonyl (C=O) groups excluding carboxylic acids is 1. The van der Waals surface area contributed by atoms with E-state index in [1.165, 1.54) is 6.07 Å². The highest BCUT2D eigenvalue weighted by Gasteiger charge is 2.40. The third kappa shape index (κ3) is 1.58. The predicted octanol–water partition coefficient (Wildman–Crippen LogP) is 3.19. The number of aliphatic imine (C=N–C) groups is 1. The third-order valence-electron chi connectivity index (χ3n) is 2.89. The van der Waals surface area contributed by atoms with Crippen molar-refractivity contribution < 1.29 is 9.18 Å². The molecule has 0 aliphatic heterocycles. The fourth-order valence-corrected chi connectivity index (χ4v) is 2.21. The summed E-state index contributed by atoms with van der Waals surface area (Å²) in [6.45, 7) is 0. The standard InChI is InChI=1S/C11H9ClFNO/c12-10-8(3-1-4-9(10)13)11(14-7-15)5-2-6-11/h1,3-4H,2,5-6H2. The first-order valence-electron chi connectivity index (χ1n) is 4.73. The fraction of sp³-hybridized carbons (Fsp3) is 0.364. The lowest BCUT2D eigenvalue weighted by Crippen LogP contribution is -2.32. The molecule has 0 amide bonds. The minimum absolute atomic E-state index is 0.0659. The maximum Gasteiger partial charge on any atom is 0.235 e.